The van der Waals surface area contributed by atoms with E-state index in [1.165, 1.54) is 57.8 Å². The fourth-order valence-corrected chi connectivity index (χ4v) is 5.25. The highest BCUT2D eigenvalue weighted by Crippen LogP contribution is 2.37. The first-order valence-electron chi connectivity index (χ1n) is 13.7. The summed E-state index contributed by atoms with van der Waals surface area (Å²) < 4.78 is 23.7. The topological polar surface area (TPSA) is 57.2 Å². The quantitative estimate of drug-likeness (QED) is 0.118. The minimum Gasteiger partial charge on any atom is -0.414 e. The lowest BCUT2D eigenvalue weighted by molar-refractivity contribution is -0.140. The molecule has 0 unspecified atom stereocenters. The molecule has 0 spiro atoms. The Bertz CT molecular complexity index is 480. The Balaban J connectivity index is 2.33. The van der Waals surface area contributed by atoms with Crippen LogP contribution >= 0.6 is 0 Å². The van der Waals surface area contributed by atoms with Crippen molar-refractivity contribution in [3.05, 3.63) is 0 Å². The van der Waals surface area contributed by atoms with Crippen LogP contribution in [0.4, 0.5) is 0 Å². The molecule has 1 N–H and O–H groups in total. The molecule has 0 aliphatic carbocycles. The van der Waals surface area contributed by atoms with Crippen LogP contribution in [0.25, 0.3) is 0 Å². The summed E-state index contributed by atoms with van der Waals surface area (Å²) in [5, 5.41) is 10.9. The molecule has 6 heteroatoms. The van der Waals surface area contributed by atoms with Crippen LogP contribution in [-0.2, 0) is 18.6 Å². The average Bonchev–Trinajstić information content (AvgIpc) is 3.25. The molecule has 1 fully saturated rings. The first kappa shape index (κ1) is 31.0. The molecule has 198 valence electrons. The summed E-state index contributed by atoms with van der Waals surface area (Å²) in [4.78, 5) is 0. The van der Waals surface area contributed by atoms with E-state index in [9.17, 15) is 5.11 Å². The van der Waals surface area contributed by atoms with Crippen molar-refractivity contribution < 1.29 is 23.7 Å². The molecular weight excluding hydrogens is 432 g/mol. The van der Waals surface area contributed by atoms with E-state index in [-0.39, 0.29) is 23.4 Å². The zero-order chi connectivity index (χ0) is 24.7. The molecule has 1 heterocycles. The molecule has 0 saturated carbocycles. The van der Waals surface area contributed by atoms with Crippen molar-refractivity contribution in [2.45, 2.75) is 154 Å². The SMILES string of the molecule is CCCCCCCCCCCC[C@@H](OCOC)[C@H]1CC[C@H]([C@@H](O)CO[Si](C)(C)C(C)(C)C)O1. The molecule has 1 aliphatic rings. The Morgan fingerprint density at radius 2 is 1.45 bits per heavy atom. The van der Waals surface area contributed by atoms with Gasteiger partial charge in [-0.3, -0.25) is 0 Å². The predicted octanol–water partition coefficient (Wildman–Crippen LogP) is 7.22. The van der Waals surface area contributed by atoms with Crippen molar-refractivity contribution >= 4 is 8.32 Å². The third-order valence-electron chi connectivity index (χ3n) is 7.59. The maximum absolute atomic E-state index is 10.7. The summed E-state index contributed by atoms with van der Waals surface area (Å²) in [5.41, 5.74) is 0. The van der Waals surface area contributed by atoms with Crippen LogP contribution in [0.2, 0.25) is 18.1 Å². The maximum Gasteiger partial charge on any atom is 0.192 e. The second-order valence-corrected chi connectivity index (χ2v) is 16.3. The van der Waals surface area contributed by atoms with Gasteiger partial charge in [-0.25, -0.2) is 0 Å². The number of methoxy groups -OCH3 is 1. The lowest BCUT2D eigenvalue weighted by atomic mass is 10.0. The van der Waals surface area contributed by atoms with E-state index >= 15 is 0 Å². The molecule has 1 rings (SSSR count). The van der Waals surface area contributed by atoms with Crippen molar-refractivity contribution in [2.75, 3.05) is 20.5 Å². The molecule has 5 nitrogen and oxygen atoms in total. The molecule has 0 aromatic heterocycles. The zero-order valence-corrected chi connectivity index (χ0v) is 24.0. The van der Waals surface area contributed by atoms with Gasteiger partial charge in [0.25, 0.3) is 0 Å². The van der Waals surface area contributed by atoms with Gasteiger partial charge in [-0.2, -0.15) is 0 Å². The number of hydrogen-bond acceptors (Lipinski definition) is 5. The monoisotopic (exact) mass is 488 g/mol. The highest BCUT2D eigenvalue weighted by atomic mass is 28.4. The van der Waals surface area contributed by atoms with Crippen LogP contribution in [0.15, 0.2) is 0 Å². The maximum atomic E-state index is 10.7. The molecule has 0 aromatic carbocycles. The summed E-state index contributed by atoms with van der Waals surface area (Å²) in [6.45, 7) is 14.0. The van der Waals surface area contributed by atoms with Gasteiger partial charge in [-0.15, -0.1) is 0 Å². The van der Waals surface area contributed by atoms with E-state index in [4.69, 9.17) is 18.6 Å². The fraction of sp³-hybridized carbons (Fsp3) is 1.00. The van der Waals surface area contributed by atoms with Crippen LogP contribution in [0.5, 0.6) is 0 Å². The van der Waals surface area contributed by atoms with E-state index in [0.29, 0.717) is 13.4 Å². The first-order chi connectivity index (χ1) is 15.6. The minimum atomic E-state index is -1.87. The molecule has 0 amide bonds. The average molecular weight is 489 g/mol. The second-order valence-electron chi connectivity index (χ2n) is 11.5. The molecule has 4 atom stereocenters. The van der Waals surface area contributed by atoms with E-state index in [0.717, 1.165) is 25.7 Å². The van der Waals surface area contributed by atoms with E-state index in [1.807, 2.05) is 0 Å². The molecule has 1 aliphatic heterocycles. The lowest BCUT2D eigenvalue weighted by Crippen LogP contribution is -2.44. The summed E-state index contributed by atoms with van der Waals surface area (Å²) >= 11 is 0. The standard InChI is InChI=1S/C27H56O5Si/c1-8-9-10-11-12-13-14-15-16-17-18-25(30-22-29-5)26-20-19-24(32-26)23(28)21-31-33(6,7)27(2,3)4/h23-26,28H,8-22H2,1-7H3/t23-,24+,25+,26+/m0/s1. The summed E-state index contributed by atoms with van der Waals surface area (Å²) in [6.07, 6.45) is 15.4. The number of aliphatic hydroxyl groups is 1. The van der Waals surface area contributed by atoms with Gasteiger partial charge in [0.1, 0.15) is 12.9 Å². The van der Waals surface area contributed by atoms with Crippen molar-refractivity contribution in [1.82, 2.24) is 0 Å². The van der Waals surface area contributed by atoms with Gasteiger partial charge in [-0.1, -0.05) is 91.9 Å². The Hall–Kier alpha value is 0.0169. The van der Waals surface area contributed by atoms with E-state index < -0.39 is 14.4 Å². The summed E-state index contributed by atoms with van der Waals surface area (Å²) in [7, 11) is -0.208. The van der Waals surface area contributed by atoms with Gasteiger partial charge in [0.15, 0.2) is 8.32 Å². The van der Waals surface area contributed by atoms with Gasteiger partial charge in [0, 0.05) is 7.11 Å². The number of aliphatic hydroxyl groups excluding tert-OH is 1. The van der Waals surface area contributed by atoms with Crippen LogP contribution in [0, 0.1) is 0 Å². The zero-order valence-electron chi connectivity index (χ0n) is 23.0. The molecule has 1 saturated heterocycles. The number of rotatable bonds is 19. The fourth-order valence-electron chi connectivity index (χ4n) is 4.23. The molecular formula is C27H56O5Si. The Morgan fingerprint density at radius 3 is 2.00 bits per heavy atom. The number of unbranched alkanes of at least 4 members (excludes halogenated alkanes) is 9. The highest BCUT2D eigenvalue weighted by molar-refractivity contribution is 6.74. The van der Waals surface area contributed by atoms with Gasteiger partial charge in [-0.05, 0) is 37.4 Å². The van der Waals surface area contributed by atoms with Crippen LogP contribution in [-0.4, -0.2) is 58.3 Å². The van der Waals surface area contributed by atoms with Gasteiger partial charge < -0.3 is 23.7 Å². The molecule has 33 heavy (non-hydrogen) atoms. The normalized spacial score (nSPS) is 21.5. The Morgan fingerprint density at radius 1 is 0.909 bits per heavy atom. The Labute approximate surface area is 206 Å². The van der Waals surface area contributed by atoms with Crippen molar-refractivity contribution in [1.29, 1.82) is 0 Å². The Kier molecular flexibility index (Phi) is 15.7. The first-order valence-corrected chi connectivity index (χ1v) is 16.6. The van der Waals surface area contributed by atoms with Crippen LogP contribution in [0.1, 0.15) is 111 Å². The summed E-state index contributed by atoms with van der Waals surface area (Å²) in [5.74, 6) is 0. The second kappa shape index (κ2) is 16.6. The van der Waals surface area contributed by atoms with Gasteiger partial charge >= 0.3 is 0 Å². The van der Waals surface area contributed by atoms with Crippen molar-refractivity contribution in [3.63, 3.8) is 0 Å². The third kappa shape index (κ3) is 12.5. The largest absolute Gasteiger partial charge is 0.414 e. The van der Waals surface area contributed by atoms with Crippen molar-refractivity contribution in [2.24, 2.45) is 0 Å². The van der Waals surface area contributed by atoms with Gasteiger partial charge in [0.2, 0.25) is 0 Å². The smallest absolute Gasteiger partial charge is 0.192 e. The third-order valence-corrected chi connectivity index (χ3v) is 12.1. The molecule has 0 radical (unpaired) electrons. The number of ether oxygens (including phenoxy) is 3. The predicted molar refractivity (Wildman–Crippen MR) is 140 cm³/mol. The van der Waals surface area contributed by atoms with Gasteiger partial charge in [0.05, 0.1) is 24.9 Å². The van der Waals surface area contributed by atoms with Crippen molar-refractivity contribution in [3.8, 4) is 0 Å². The molecule has 0 aromatic rings. The minimum absolute atomic E-state index is 0.0336. The number of hydrogen-bond donors (Lipinski definition) is 1. The lowest BCUT2D eigenvalue weighted by Gasteiger charge is -2.37. The van der Waals surface area contributed by atoms with E-state index in [1.54, 1.807) is 7.11 Å². The van der Waals surface area contributed by atoms with Crippen LogP contribution < -0.4 is 0 Å². The molecule has 0 bridgehead atoms. The highest BCUT2D eigenvalue weighted by Gasteiger charge is 2.40. The van der Waals surface area contributed by atoms with Crippen LogP contribution in [0.3, 0.4) is 0 Å². The summed E-state index contributed by atoms with van der Waals surface area (Å²) in [6, 6.07) is 0. The van der Waals surface area contributed by atoms with E-state index in [2.05, 4.69) is 40.8 Å².